The van der Waals surface area contributed by atoms with Gasteiger partial charge in [-0.3, -0.25) is 9.48 Å². The molecule has 0 bridgehead atoms. The molecule has 1 heterocycles. The van der Waals surface area contributed by atoms with Gasteiger partial charge in [-0.05, 0) is 6.07 Å². The molecular weight excluding hydrogens is 258 g/mol. The number of rotatable bonds is 5. The predicted octanol–water partition coefficient (Wildman–Crippen LogP) is 0.797. The fraction of sp³-hybridized carbons (Fsp3) is 0.714. The molecule has 1 atom stereocenters. The standard InChI is InChI=1S/C14H25N3O3/c1-14(2,3)12-7-11(17(5)15-12)13(19)16(4)8-10(18)9-20-6/h7,10,18H,8-9H2,1-6H3. The van der Waals surface area contributed by atoms with Crippen molar-refractivity contribution in [2.24, 2.45) is 7.05 Å². The fourth-order valence-electron chi connectivity index (χ4n) is 1.87. The van der Waals surface area contributed by atoms with Crippen LogP contribution in [-0.4, -0.2) is 59.1 Å². The first-order chi connectivity index (χ1) is 9.16. The number of carbonyl (C=O) groups excluding carboxylic acids is 1. The molecule has 1 amide bonds. The Morgan fingerprint density at radius 2 is 2.15 bits per heavy atom. The van der Waals surface area contributed by atoms with Crippen LogP contribution < -0.4 is 0 Å². The van der Waals surface area contributed by atoms with Gasteiger partial charge in [0, 0.05) is 33.2 Å². The number of ether oxygens (including phenoxy) is 1. The van der Waals surface area contributed by atoms with Gasteiger partial charge < -0.3 is 14.7 Å². The van der Waals surface area contributed by atoms with Crippen molar-refractivity contribution in [2.45, 2.75) is 32.3 Å². The molecule has 0 aliphatic rings. The summed E-state index contributed by atoms with van der Waals surface area (Å²) in [5.74, 6) is -0.161. The zero-order valence-corrected chi connectivity index (χ0v) is 13.2. The van der Waals surface area contributed by atoms with E-state index in [4.69, 9.17) is 4.74 Å². The lowest BCUT2D eigenvalue weighted by atomic mass is 9.92. The quantitative estimate of drug-likeness (QED) is 0.868. The van der Waals surface area contributed by atoms with Crippen molar-refractivity contribution in [2.75, 3.05) is 27.3 Å². The van der Waals surface area contributed by atoms with Crippen molar-refractivity contribution in [3.05, 3.63) is 17.5 Å². The highest BCUT2D eigenvalue weighted by atomic mass is 16.5. The molecule has 1 unspecified atom stereocenters. The lowest BCUT2D eigenvalue weighted by Crippen LogP contribution is -2.37. The lowest BCUT2D eigenvalue weighted by molar-refractivity contribution is 0.0376. The maximum absolute atomic E-state index is 12.4. The molecule has 20 heavy (non-hydrogen) atoms. The molecule has 114 valence electrons. The number of aryl methyl sites for hydroxylation is 1. The Hall–Kier alpha value is -1.40. The summed E-state index contributed by atoms with van der Waals surface area (Å²) in [4.78, 5) is 13.8. The van der Waals surface area contributed by atoms with Crippen LogP contribution in [0.4, 0.5) is 0 Å². The smallest absolute Gasteiger partial charge is 0.271 e. The maximum Gasteiger partial charge on any atom is 0.271 e. The second kappa shape index (κ2) is 6.37. The van der Waals surface area contributed by atoms with Crippen LogP contribution in [0.15, 0.2) is 6.07 Å². The van der Waals surface area contributed by atoms with Crippen LogP contribution in [0.1, 0.15) is 37.0 Å². The summed E-state index contributed by atoms with van der Waals surface area (Å²) in [5.41, 5.74) is 1.28. The van der Waals surface area contributed by atoms with Crippen molar-refractivity contribution in [1.29, 1.82) is 0 Å². The third-order valence-electron chi connectivity index (χ3n) is 3.06. The zero-order valence-electron chi connectivity index (χ0n) is 13.2. The summed E-state index contributed by atoms with van der Waals surface area (Å²) in [6, 6.07) is 1.81. The molecule has 0 aliphatic heterocycles. The van der Waals surface area contributed by atoms with Crippen LogP contribution in [0.25, 0.3) is 0 Å². The largest absolute Gasteiger partial charge is 0.389 e. The van der Waals surface area contributed by atoms with Gasteiger partial charge in [-0.25, -0.2) is 0 Å². The van der Waals surface area contributed by atoms with E-state index in [1.54, 1.807) is 18.8 Å². The number of hydrogen-bond acceptors (Lipinski definition) is 4. The molecule has 0 aliphatic carbocycles. The SMILES string of the molecule is COCC(O)CN(C)C(=O)c1cc(C(C)(C)C)nn1C. The van der Waals surface area contributed by atoms with Gasteiger partial charge in [-0.15, -0.1) is 0 Å². The van der Waals surface area contributed by atoms with E-state index >= 15 is 0 Å². The predicted molar refractivity (Wildman–Crippen MR) is 76.8 cm³/mol. The van der Waals surface area contributed by atoms with Gasteiger partial charge in [0.05, 0.1) is 18.4 Å². The minimum atomic E-state index is -0.690. The summed E-state index contributed by atoms with van der Waals surface area (Å²) in [6.45, 7) is 6.58. The van der Waals surface area contributed by atoms with Crippen molar-refractivity contribution in [3.63, 3.8) is 0 Å². The number of nitrogens with zero attached hydrogens (tertiary/aromatic N) is 3. The third-order valence-corrected chi connectivity index (χ3v) is 3.06. The van der Waals surface area contributed by atoms with Crippen molar-refractivity contribution in [3.8, 4) is 0 Å². The molecule has 0 aromatic carbocycles. The number of likely N-dealkylation sites (N-methyl/N-ethyl adjacent to an activating group) is 1. The maximum atomic E-state index is 12.4. The molecule has 0 spiro atoms. The highest BCUT2D eigenvalue weighted by Gasteiger charge is 2.24. The van der Waals surface area contributed by atoms with Gasteiger partial charge in [0.25, 0.3) is 5.91 Å². The van der Waals surface area contributed by atoms with Crippen LogP contribution in [0, 0.1) is 0 Å². The fourth-order valence-corrected chi connectivity index (χ4v) is 1.87. The molecule has 6 nitrogen and oxygen atoms in total. The minimum absolute atomic E-state index is 0.107. The molecule has 0 saturated carbocycles. The highest BCUT2D eigenvalue weighted by molar-refractivity contribution is 5.92. The average molecular weight is 283 g/mol. The first kappa shape index (κ1) is 16.7. The molecule has 1 aromatic heterocycles. The second-order valence-electron chi connectivity index (χ2n) is 6.08. The zero-order chi connectivity index (χ0) is 15.5. The van der Waals surface area contributed by atoms with E-state index < -0.39 is 6.10 Å². The molecule has 0 saturated heterocycles. The van der Waals surface area contributed by atoms with Gasteiger partial charge in [0.2, 0.25) is 0 Å². The summed E-state index contributed by atoms with van der Waals surface area (Å²) in [5, 5.41) is 14.1. The lowest BCUT2D eigenvalue weighted by Gasteiger charge is -2.20. The molecule has 1 rings (SSSR count). The Kier molecular flexibility index (Phi) is 5.30. The number of methoxy groups -OCH3 is 1. The van der Waals surface area contributed by atoms with Crippen molar-refractivity contribution in [1.82, 2.24) is 14.7 Å². The molecule has 0 radical (unpaired) electrons. The topological polar surface area (TPSA) is 67.6 Å². The van der Waals surface area contributed by atoms with E-state index in [0.717, 1.165) is 5.69 Å². The van der Waals surface area contributed by atoms with Gasteiger partial charge >= 0.3 is 0 Å². The van der Waals surface area contributed by atoms with Gasteiger partial charge in [0.1, 0.15) is 5.69 Å². The van der Waals surface area contributed by atoms with Crippen molar-refractivity contribution >= 4 is 5.91 Å². The number of aromatic nitrogens is 2. The third kappa shape index (κ3) is 4.05. The van der Waals surface area contributed by atoms with Crippen LogP contribution in [0.3, 0.4) is 0 Å². The van der Waals surface area contributed by atoms with E-state index in [1.807, 2.05) is 6.07 Å². The first-order valence-corrected chi connectivity index (χ1v) is 6.63. The van der Waals surface area contributed by atoms with E-state index in [2.05, 4.69) is 25.9 Å². The van der Waals surface area contributed by atoms with E-state index in [0.29, 0.717) is 5.69 Å². The summed E-state index contributed by atoms with van der Waals surface area (Å²) in [6.07, 6.45) is -0.690. The van der Waals surface area contributed by atoms with E-state index in [-0.39, 0.29) is 24.5 Å². The molecule has 0 fully saturated rings. The van der Waals surface area contributed by atoms with Gasteiger partial charge in [-0.2, -0.15) is 5.10 Å². The summed E-state index contributed by atoms with van der Waals surface area (Å²) >= 11 is 0. The molecule has 1 N–H and O–H groups in total. The average Bonchev–Trinajstić information content (AvgIpc) is 2.70. The summed E-state index contributed by atoms with van der Waals surface area (Å²) < 4.78 is 6.44. The van der Waals surface area contributed by atoms with Gasteiger partial charge in [-0.1, -0.05) is 20.8 Å². The Morgan fingerprint density at radius 3 is 2.60 bits per heavy atom. The monoisotopic (exact) mass is 283 g/mol. The Labute approximate surface area is 120 Å². The molecule has 1 aromatic rings. The van der Waals surface area contributed by atoms with Crippen molar-refractivity contribution < 1.29 is 14.6 Å². The van der Waals surface area contributed by atoms with Crippen LogP contribution >= 0.6 is 0 Å². The number of carbonyl (C=O) groups is 1. The molecular formula is C14H25N3O3. The van der Waals surface area contributed by atoms with Crippen LogP contribution in [0.5, 0.6) is 0 Å². The minimum Gasteiger partial charge on any atom is -0.389 e. The van der Waals surface area contributed by atoms with Crippen LogP contribution in [-0.2, 0) is 17.2 Å². The number of amides is 1. The number of aliphatic hydroxyl groups is 1. The van der Waals surface area contributed by atoms with E-state index in [1.165, 1.54) is 12.0 Å². The normalized spacial score (nSPS) is 13.3. The summed E-state index contributed by atoms with van der Waals surface area (Å²) in [7, 11) is 4.93. The molecule has 6 heteroatoms. The van der Waals surface area contributed by atoms with E-state index in [9.17, 15) is 9.90 Å². The highest BCUT2D eigenvalue weighted by Crippen LogP contribution is 2.21. The number of aliphatic hydroxyl groups excluding tert-OH is 1. The van der Waals surface area contributed by atoms with Gasteiger partial charge in [0.15, 0.2) is 0 Å². The Balaban J connectivity index is 2.84. The Morgan fingerprint density at radius 1 is 1.55 bits per heavy atom. The van der Waals surface area contributed by atoms with Crippen LogP contribution in [0.2, 0.25) is 0 Å². The number of hydrogen-bond donors (Lipinski definition) is 1. The Bertz CT molecular complexity index is 463. The first-order valence-electron chi connectivity index (χ1n) is 6.63. The second-order valence-corrected chi connectivity index (χ2v) is 6.08.